The van der Waals surface area contributed by atoms with Crippen molar-refractivity contribution in [1.29, 1.82) is 0 Å². The molecule has 1 aliphatic rings. The molecule has 0 bridgehead atoms. The first kappa shape index (κ1) is 10.9. The minimum atomic E-state index is -0.391. The van der Waals surface area contributed by atoms with Crippen molar-refractivity contribution in [2.45, 2.75) is 18.7 Å². The summed E-state index contributed by atoms with van der Waals surface area (Å²) in [5, 5.41) is 13.5. The quantitative estimate of drug-likeness (QED) is 0.815. The van der Waals surface area contributed by atoms with E-state index in [1.807, 2.05) is 24.3 Å². The fraction of sp³-hybridized carbons (Fsp3) is 0.455. The molecule has 1 fully saturated rings. The van der Waals surface area contributed by atoms with Gasteiger partial charge in [-0.05, 0) is 17.7 Å². The highest BCUT2D eigenvalue weighted by molar-refractivity contribution is 6.30. The molecule has 2 rings (SSSR count). The summed E-state index contributed by atoms with van der Waals surface area (Å²) in [5.41, 5.74) is 1.15. The van der Waals surface area contributed by atoms with Crippen molar-refractivity contribution in [2.75, 3.05) is 13.2 Å². The maximum absolute atomic E-state index is 9.50. The first-order chi connectivity index (χ1) is 7.25. The van der Waals surface area contributed by atoms with E-state index in [4.69, 9.17) is 16.3 Å². The second-order valence-corrected chi connectivity index (χ2v) is 4.16. The van der Waals surface area contributed by atoms with Gasteiger partial charge in [0.15, 0.2) is 0 Å². The van der Waals surface area contributed by atoms with Crippen LogP contribution in [0.25, 0.3) is 0 Å². The number of nitrogens with one attached hydrogen (secondary N) is 1. The fourth-order valence-corrected chi connectivity index (χ4v) is 1.72. The average Bonchev–Trinajstić information content (AvgIpc) is 2.63. The van der Waals surface area contributed by atoms with E-state index in [0.717, 1.165) is 17.1 Å². The lowest BCUT2D eigenvalue weighted by Gasteiger charge is -2.14. The van der Waals surface area contributed by atoms with Crippen molar-refractivity contribution >= 4 is 11.6 Å². The predicted molar refractivity (Wildman–Crippen MR) is 58.9 cm³/mol. The molecule has 0 amide bonds. The van der Waals surface area contributed by atoms with Gasteiger partial charge in [0.2, 0.25) is 0 Å². The van der Waals surface area contributed by atoms with E-state index in [9.17, 15) is 5.11 Å². The lowest BCUT2D eigenvalue weighted by atomic mass is 10.2. The van der Waals surface area contributed by atoms with Crippen LogP contribution in [0.4, 0.5) is 0 Å². The van der Waals surface area contributed by atoms with Crippen LogP contribution in [-0.2, 0) is 11.3 Å². The number of hydrogen-bond acceptors (Lipinski definition) is 3. The third-order valence-corrected chi connectivity index (χ3v) is 2.78. The van der Waals surface area contributed by atoms with E-state index in [2.05, 4.69) is 5.32 Å². The summed E-state index contributed by atoms with van der Waals surface area (Å²) in [7, 11) is 0. The Bertz CT molecular complexity index is 315. The van der Waals surface area contributed by atoms with E-state index in [1.165, 1.54) is 0 Å². The van der Waals surface area contributed by atoms with Crippen molar-refractivity contribution in [3.63, 3.8) is 0 Å². The molecule has 1 aliphatic heterocycles. The Hall–Kier alpha value is -0.610. The van der Waals surface area contributed by atoms with Gasteiger partial charge >= 0.3 is 0 Å². The minimum Gasteiger partial charge on any atom is -0.389 e. The van der Waals surface area contributed by atoms with E-state index in [-0.39, 0.29) is 6.04 Å². The Labute approximate surface area is 94.0 Å². The number of hydrogen-bond donors (Lipinski definition) is 2. The third-order valence-electron chi connectivity index (χ3n) is 2.53. The smallest absolute Gasteiger partial charge is 0.0948 e. The Morgan fingerprint density at radius 1 is 1.33 bits per heavy atom. The highest BCUT2D eigenvalue weighted by Crippen LogP contribution is 2.10. The van der Waals surface area contributed by atoms with Gasteiger partial charge in [-0.15, -0.1) is 0 Å². The lowest BCUT2D eigenvalue weighted by Crippen LogP contribution is -2.38. The molecule has 0 aliphatic carbocycles. The zero-order valence-electron chi connectivity index (χ0n) is 8.32. The maximum Gasteiger partial charge on any atom is 0.0948 e. The van der Waals surface area contributed by atoms with E-state index in [0.29, 0.717) is 13.2 Å². The van der Waals surface area contributed by atoms with Crippen LogP contribution in [0.2, 0.25) is 5.02 Å². The van der Waals surface area contributed by atoms with E-state index in [1.54, 1.807) is 0 Å². The van der Waals surface area contributed by atoms with Gasteiger partial charge in [0.1, 0.15) is 0 Å². The number of halogens is 1. The van der Waals surface area contributed by atoms with Crippen LogP contribution in [0.3, 0.4) is 0 Å². The summed E-state index contributed by atoms with van der Waals surface area (Å²) < 4.78 is 5.14. The molecule has 3 nitrogen and oxygen atoms in total. The van der Waals surface area contributed by atoms with Crippen molar-refractivity contribution < 1.29 is 9.84 Å². The van der Waals surface area contributed by atoms with E-state index < -0.39 is 6.10 Å². The van der Waals surface area contributed by atoms with Crippen LogP contribution < -0.4 is 5.32 Å². The van der Waals surface area contributed by atoms with Crippen molar-refractivity contribution in [3.05, 3.63) is 34.9 Å². The number of benzene rings is 1. The average molecular weight is 228 g/mol. The number of ether oxygens (including phenoxy) is 1. The SMILES string of the molecule is O[C@H]1COC[C@@H]1NCc1ccc(Cl)cc1. The van der Waals surface area contributed by atoms with Gasteiger partial charge in [-0.25, -0.2) is 0 Å². The Kier molecular flexibility index (Phi) is 3.59. The van der Waals surface area contributed by atoms with Crippen LogP contribution in [0.1, 0.15) is 5.56 Å². The molecular weight excluding hydrogens is 214 g/mol. The standard InChI is InChI=1S/C11H14ClNO2/c12-9-3-1-8(2-4-9)5-13-10-6-15-7-11(10)14/h1-4,10-11,13-14H,5-7H2/t10-,11-/m0/s1. The molecule has 1 aromatic carbocycles. The van der Waals surface area contributed by atoms with Crippen molar-refractivity contribution in [1.82, 2.24) is 5.32 Å². The molecule has 82 valence electrons. The Morgan fingerprint density at radius 2 is 2.07 bits per heavy atom. The molecule has 15 heavy (non-hydrogen) atoms. The molecule has 2 N–H and O–H groups in total. The predicted octanol–water partition coefficient (Wildman–Crippen LogP) is 1.19. The molecule has 0 aromatic heterocycles. The largest absolute Gasteiger partial charge is 0.389 e. The van der Waals surface area contributed by atoms with Crippen LogP contribution in [-0.4, -0.2) is 30.5 Å². The van der Waals surface area contributed by atoms with Crippen LogP contribution >= 0.6 is 11.6 Å². The highest BCUT2D eigenvalue weighted by atomic mass is 35.5. The van der Waals surface area contributed by atoms with Gasteiger partial charge in [-0.1, -0.05) is 23.7 Å². The minimum absolute atomic E-state index is 0.0423. The summed E-state index contributed by atoms with van der Waals surface area (Å²) in [4.78, 5) is 0. The molecule has 0 saturated carbocycles. The van der Waals surface area contributed by atoms with Gasteiger partial charge in [-0.2, -0.15) is 0 Å². The fourth-order valence-electron chi connectivity index (χ4n) is 1.59. The number of aliphatic hydroxyl groups excluding tert-OH is 1. The van der Waals surface area contributed by atoms with Crippen LogP contribution in [0.15, 0.2) is 24.3 Å². The monoisotopic (exact) mass is 227 g/mol. The molecule has 0 spiro atoms. The summed E-state index contributed by atoms with van der Waals surface area (Å²) in [6.07, 6.45) is -0.391. The van der Waals surface area contributed by atoms with E-state index >= 15 is 0 Å². The second-order valence-electron chi connectivity index (χ2n) is 3.72. The molecule has 4 heteroatoms. The van der Waals surface area contributed by atoms with Crippen molar-refractivity contribution in [2.24, 2.45) is 0 Å². The normalized spacial score (nSPS) is 25.7. The molecule has 1 saturated heterocycles. The molecule has 2 atom stereocenters. The molecule has 1 heterocycles. The first-order valence-electron chi connectivity index (χ1n) is 4.99. The molecular formula is C11H14ClNO2. The zero-order chi connectivity index (χ0) is 10.7. The van der Waals surface area contributed by atoms with Gasteiger partial charge in [-0.3, -0.25) is 0 Å². The Balaban J connectivity index is 1.85. The Morgan fingerprint density at radius 3 is 2.67 bits per heavy atom. The second kappa shape index (κ2) is 4.94. The van der Waals surface area contributed by atoms with Crippen LogP contribution in [0.5, 0.6) is 0 Å². The van der Waals surface area contributed by atoms with Crippen molar-refractivity contribution in [3.8, 4) is 0 Å². The molecule has 0 unspecified atom stereocenters. The zero-order valence-corrected chi connectivity index (χ0v) is 9.07. The number of aliphatic hydroxyl groups is 1. The van der Waals surface area contributed by atoms with Gasteiger partial charge < -0.3 is 15.2 Å². The highest BCUT2D eigenvalue weighted by Gasteiger charge is 2.25. The van der Waals surface area contributed by atoms with Gasteiger partial charge in [0, 0.05) is 11.6 Å². The topological polar surface area (TPSA) is 41.5 Å². The van der Waals surface area contributed by atoms with Crippen LogP contribution in [0, 0.1) is 0 Å². The van der Waals surface area contributed by atoms with Gasteiger partial charge in [0.05, 0.1) is 25.4 Å². The van der Waals surface area contributed by atoms with Gasteiger partial charge in [0.25, 0.3) is 0 Å². The lowest BCUT2D eigenvalue weighted by molar-refractivity contribution is 0.122. The molecule has 1 aromatic rings. The summed E-state index contributed by atoms with van der Waals surface area (Å²) in [5.74, 6) is 0. The summed E-state index contributed by atoms with van der Waals surface area (Å²) in [6, 6.07) is 7.70. The maximum atomic E-state index is 9.50. The number of rotatable bonds is 3. The summed E-state index contributed by atoms with van der Waals surface area (Å²) in [6.45, 7) is 1.73. The summed E-state index contributed by atoms with van der Waals surface area (Å²) >= 11 is 5.78. The third kappa shape index (κ3) is 2.92. The molecule has 0 radical (unpaired) electrons. The first-order valence-corrected chi connectivity index (χ1v) is 5.37.